The van der Waals surface area contributed by atoms with Crippen LogP contribution < -0.4 is 11.5 Å². The van der Waals surface area contributed by atoms with Gasteiger partial charge in [-0.15, -0.1) is 0 Å². The number of anilines is 1. The lowest BCUT2D eigenvalue weighted by Crippen LogP contribution is -2.45. The minimum Gasteiger partial charge on any atom is -0.398 e. The van der Waals surface area contributed by atoms with Crippen LogP contribution in [-0.4, -0.2) is 0 Å². The van der Waals surface area contributed by atoms with Crippen molar-refractivity contribution in [1.29, 1.82) is 5.26 Å². The molecule has 0 radical (unpaired) electrons. The summed E-state index contributed by atoms with van der Waals surface area (Å²) in [6.45, 7) is 12.2. The zero-order valence-corrected chi connectivity index (χ0v) is 14.5. The highest BCUT2D eigenvalue weighted by atomic mass is 14.8. The van der Waals surface area contributed by atoms with Crippen LogP contribution in [0, 0.1) is 17.2 Å². The molecule has 1 aromatic carbocycles. The van der Waals surface area contributed by atoms with E-state index in [4.69, 9.17) is 11.5 Å². The van der Waals surface area contributed by atoms with E-state index >= 15 is 0 Å². The average Bonchev–Trinajstić information content (AvgIpc) is 2.52. The van der Waals surface area contributed by atoms with E-state index in [9.17, 15) is 5.26 Å². The fourth-order valence-corrected chi connectivity index (χ4v) is 2.80. The Balaban J connectivity index is 0.000000921. The molecule has 2 rings (SSSR count). The molecule has 1 aromatic rings. The zero-order valence-electron chi connectivity index (χ0n) is 14.5. The van der Waals surface area contributed by atoms with Crippen LogP contribution in [0.15, 0.2) is 12.1 Å². The van der Waals surface area contributed by atoms with Gasteiger partial charge >= 0.3 is 0 Å². The summed E-state index contributed by atoms with van der Waals surface area (Å²) in [6.07, 6.45) is 3.00. The molecule has 4 N–H and O–H groups in total. The molecule has 1 aliphatic rings. The van der Waals surface area contributed by atoms with Crippen molar-refractivity contribution in [3.63, 3.8) is 0 Å². The van der Waals surface area contributed by atoms with Crippen molar-refractivity contribution in [2.24, 2.45) is 11.7 Å². The SMILES string of the molecule is CC.CC.CC(C)C1(N)CCCc2ccc(N)c(C#N)c21. The van der Waals surface area contributed by atoms with E-state index in [-0.39, 0.29) is 0 Å². The molecule has 1 atom stereocenters. The summed E-state index contributed by atoms with van der Waals surface area (Å²) in [4.78, 5) is 0. The standard InChI is InChI=1S/C14H19N3.2C2H6/c1-9(2)14(17)7-3-4-10-5-6-12(16)11(8-15)13(10)14;2*1-2/h5-6,9H,3-4,7,16-17H2,1-2H3;2*1-2H3. The second-order valence-corrected chi connectivity index (χ2v) is 5.22. The van der Waals surface area contributed by atoms with Crippen LogP contribution in [0.5, 0.6) is 0 Å². The quantitative estimate of drug-likeness (QED) is 0.755. The van der Waals surface area contributed by atoms with Crippen LogP contribution in [-0.2, 0) is 12.0 Å². The van der Waals surface area contributed by atoms with Gasteiger partial charge in [0.25, 0.3) is 0 Å². The van der Waals surface area contributed by atoms with Crippen LogP contribution >= 0.6 is 0 Å². The molecular weight excluding hydrogens is 258 g/mol. The molecule has 1 unspecified atom stereocenters. The van der Waals surface area contributed by atoms with Crippen molar-refractivity contribution in [2.45, 2.75) is 66.3 Å². The van der Waals surface area contributed by atoms with Gasteiger partial charge in [-0.05, 0) is 42.4 Å². The summed E-state index contributed by atoms with van der Waals surface area (Å²) in [7, 11) is 0. The van der Waals surface area contributed by atoms with E-state index in [1.807, 2.05) is 39.8 Å². The molecule has 0 aliphatic heterocycles. The Hall–Kier alpha value is -1.53. The highest BCUT2D eigenvalue weighted by Gasteiger charge is 2.38. The van der Waals surface area contributed by atoms with Gasteiger partial charge < -0.3 is 11.5 Å². The first-order valence-corrected chi connectivity index (χ1v) is 8.11. The van der Waals surface area contributed by atoms with Crippen LogP contribution in [0.25, 0.3) is 0 Å². The van der Waals surface area contributed by atoms with Gasteiger partial charge in [-0.25, -0.2) is 0 Å². The third kappa shape index (κ3) is 3.77. The van der Waals surface area contributed by atoms with Gasteiger partial charge in [0.15, 0.2) is 0 Å². The number of nitrogen functional groups attached to an aromatic ring is 1. The first kappa shape index (κ1) is 19.5. The highest BCUT2D eigenvalue weighted by molar-refractivity contribution is 5.63. The van der Waals surface area contributed by atoms with E-state index in [1.54, 1.807) is 0 Å². The number of hydrogen-bond donors (Lipinski definition) is 2. The molecular formula is C18H31N3. The van der Waals surface area contributed by atoms with Crippen LogP contribution in [0.1, 0.15) is 71.1 Å². The number of aryl methyl sites for hydroxylation is 1. The largest absolute Gasteiger partial charge is 0.398 e. The first-order chi connectivity index (χ1) is 10.0. The van der Waals surface area contributed by atoms with Gasteiger partial charge in [0.2, 0.25) is 0 Å². The van der Waals surface area contributed by atoms with Crippen molar-refractivity contribution in [3.05, 3.63) is 28.8 Å². The molecule has 0 aromatic heterocycles. The Labute approximate surface area is 130 Å². The molecule has 0 heterocycles. The van der Waals surface area contributed by atoms with Crippen molar-refractivity contribution in [2.75, 3.05) is 5.73 Å². The molecule has 3 heteroatoms. The summed E-state index contributed by atoms with van der Waals surface area (Å²) >= 11 is 0. The Morgan fingerprint density at radius 3 is 2.24 bits per heavy atom. The Morgan fingerprint density at radius 2 is 1.76 bits per heavy atom. The van der Waals surface area contributed by atoms with Gasteiger partial charge in [-0.2, -0.15) is 5.26 Å². The molecule has 0 bridgehead atoms. The highest BCUT2D eigenvalue weighted by Crippen LogP contribution is 2.41. The molecule has 21 heavy (non-hydrogen) atoms. The number of hydrogen-bond acceptors (Lipinski definition) is 3. The number of nitriles is 1. The van der Waals surface area contributed by atoms with Crippen LogP contribution in [0.4, 0.5) is 5.69 Å². The number of nitrogens with zero attached hydrogens (tertiary/aromatic N) is 1. The smallest absolute Gasteiger partial charge is 0.102 e. The summed E-state index contributed by atoms with van der Waals surface area (Å²) in [5.74, 6) is 0.301. The molecule has 0 saturated carbocycles. The van der Waals surface area contributed by atoms with E-state index in [2.05, 4.69) is 19.9 Å². The van der Waals surface area contributed by atoms with Gasteiger partial charge in [-0.3, -0.25) is 0 Å². The molecule has 0 spiro atoms. The second kappa shape index (κ2) is 8.69. The third-order valence-corrected chi connectivity index (χ3v) is 3.97. The van der Waals surface area contributed by atoms with Crippen molar-refractivity contribution >= 4 is 5.69 Å². The van der Waals surface area contributed by atoms with E-state index in [0.717, 1.165) is 24.8 Å². The van der Waals surface area contributed by atoms with Gasteiger partial charge in [0.05, 0.1) is 5.56 Å². The maximum Gasteiger partial charge on any atom is 0.102 e. The monoisotopic (exact) mass is 289 g/mol. The lowest BCUT2D eigenvalue weighted by molar-refractivity contribution is 0.271. The minimum absolute atomic E-state index is 0.301. The molecule has 0 fully saturated rings. The first-order valence-electron chi connectivity index (χ1n) is 8.11. The molecule has 0 amide bonds. The third-order valence-electron chi connectivity index (χ3n) is 3.97. The lowest BCUT2D eigenvalue weighted by Gasteiger charge is -2.40. The number of rotatable bonds is 1. The van der Waals surface area contributed by atoms with Crippen LogP contribution in [0.3, 0.4) is 0 Å². The minimum atomic E-state index is -0.409. The van der Waals surface area contributed by atoms with Crippen molar-refractivity contribution in [1.82, 2.24) is 0 Å². The topological polar surface area (TPSA) is 75.8 Å². The fourth-order valence-electron chi connectivity index (χ4n) is 2.80. The van der Waals surface area contributed by atoms with Crippen LogP contribution in [0.2, 0.25) is 0 Å². The second-order valence-electron chi connectivity index (χ2n) is 5.22. The van der Waals surface area contributed by atoms with Gasteiger partial charge in [0.1, 0.15) is 6.07 Å². The van der Waals surface area contributed by atoms with Gasteiger partial charge in [-0.1, -0.05) is 47.6 Å². The maximum absolute atomic E-state index is 9.30. The summed E-state index contributed by atoms with van der Waals surface area (Å²) in [5, 5.41) is 9.30. The molecule has 118 valence electrons. The van der Waals surface area contributed by atoms with Gasteiger partial charge in [0, 0.05) is 11.2 Å². The summed E-state index contributed by atoms with van der Waals surface area (Å²) in [5.41, 5.74) is 15.3. The van der Waals surface area contributed by atoms with E-state index in [1.165, 1.54) is 5.56 Å². The molecule has 1 aliphatic carbocycles. The predicted octanol–water partition coefficient (Wildman–Crippen LogP) is 4.34. The zero-order chi connectivity index (χ0) is 16.6. The number of fused-ring (bicyclic) bond motifs is 1. The molecule has 3 nitrogen and oxygen atoms in total. The van der Waals surface area contributed by atoms with Crippen molar-refractivity contribution in [3.8, 4) is 6.07 Å². The predicted molar refractivity (Wildman–Crippen MR) is 91.9 cm³/mol. The van der Waals surface area contributed by atoms with E-state index in [0.29, 0.717) is 17.2 Å². The molecule has 0 saturated heterocycles. The maximum atomic E-state index is 9.30. The van der Waals surface area contributed by atoms with Crippen molar-refractivity contribution < 1.29 is 0 Å². The Bertz CT molecular complexity index is 486. The number of nitrogens with two attached hydrogens (primary N) is 2. The normalized spacial score (nSPS) is 19.4. The lowest BCUT2D eigenvalue weighted by atomic mass is 9.69. The summed E-state index contributed by atoms with van der Waals surface area (Å²) < 4.78 is 0. The van der Waals surface area contributed by atoms with E-state index < -0.39 is 5.54 Å². The average molecular weight is 289 g/mol. The number of benzene rings is 1. The Morgan fingerprint density at radius 1 is 1.19 bits per heavy atom. The Kier molecular flexibility index (Phi) is 8.06. The summed E-state index contributed by atoms with van der Waals surface area (Å²) in [6, 6.07) is 6.07. The fraction of sp³-hybridized carbons (Fsp3) is 0.611.